The Balaban J connectivity index is 1.84. The Morgan fingerprint density at radius 1 is 1.21 bits per heavy atom. The van der Waals surface area contributed by atoms with Crippen molar-refractivity contribution in [2.24, 2.45) is 22.7 Å². The topological polar surface area (TPSA) is 74.6 Å². The van der Waals surface area contributed by atoms with Crippen molar-refractivity contribution < 1.29 is 24.2 Å². The largest absolute Gasteiger partial charge is 0.390 e. The van der Waals surface area contributed by atoms with E-state index in [1.807, 2.05) is 0 Å². The van der Waals surface area contributed by atoms with Gasteiger partial charge < -0.3 is 10.2 Å². The smallest absolute Gasteiger partial charge is 0.178 e. The molecule has 0 aromatic carbocycles. The van der Waals surface area contributed by atoms with Crippen molar-refractivity contribution in [3.05, 3.63) is 23.8 Å². The highest BCUT2D eigenvalue weighted by Gasteiger charge is 2.71. The molecule has 24 heavy (non-hydrogen) atoms. The lowest BCUT2D eigenvalue weighted by atomic mass is 9.46. The first kappa shape index (κ1) is 16.2. The molecule has 0 spiro atoms. The second kappa shape index (κ2) is 4.64. The maximum Gasteiger partial charge on any atom is 0.178 e. The fraction of sp³-hybridized carbons (Fsp3) is 0.684. The molecular weight excluding hydrogens is 311 g/mol. The van der Waals surface area contributed by atoms with Crippen molar-refractivity contribution in [2.75, 3.05) is 0 Å². The summed E-state index contributed by atoms with van der Waals surface area (Å²) in [6.07, 6.45) is 3.43. The maximum atomic E-state index is 16.5. The van der Waals surface area contributed by atoms with E-state index in [9.17, 15) is 19.8 Å². The number of allylic oxidation sites excluding steroid dienone is 4. The lowest BCUT2D eigenvalue weighted by Gasteiger charge is -2.60. The Kier molecular flexibility index (Phi) is 3.12. The number of hydrogen-bond donors (Lipinski definition) is 2. The van der Waals surface area contributed by atoms with Crippen LogP contribution in [0.4, 0.5) is 4.39 Å². The molecule has 5 heteroatoms. The van der Waals surface area contributed by atoms with Gasteiger partial charge in [0, 0.05) is 16.7 Å². The van der Waals surface area contributed by atoms with E-state index in [1.54, 1.807) is 19.9 Å². The standard InChI is InChI=1S/C19H23FO4/c1-17-9-15(23)19(20)12(13(17)8-14(22)16(17)24)4-3-10-7-11(21)5-6-18(10,19)2/h5-7,12-15,22-23H,3-4,8-9H2,1-2H3/t12-,13-,14+,15-,17-,18-,19-/m0/s1. The van der Waals surface area contributed by atoms with Crippen LogP contribution in [0.25, 0.3) is 0 Å². The fourth-order valence-electron chi connectivity index (χ4n) is 6.01. The molecule has 0 unspecified atom stereocenters. The number of Topliss-reactive ketones (excluding diaryl/α,β-unsaturated/α-hetero) is 1. The highest BCUT2D eigenvalue weighted by atomic mass is 19.1. The van der Waals surface area contributed by atoms with Crippen LogP contribution in [0.5, 0.6) is 0 Å². The monoisotopic (exact) mass is 334 g/mol. The Bertz CT molecular complexity index is 697. The Morgan fingerprint density at radius 2 is 1.92 bits per heavy atom. The number of halogens is 1. The molecule has 3 fully saturated rings. The van der Waals surface area contributed by atoms with Gasteiger partial charge in [-0.15, -0.1) is 0 Å². The number of rotatable bonds is 0. The summed E-state index contributed by atoms with van der Waals surface area (Å²) in [5.41, 5.74) is -3.12. The first-order chi connectivity index (χ1) is 11.1. The molecule has 130 valence electrons. The molecule has 4 aliphatic carbocycles. The average molecular weight is 334 g/mol. The van der Waals surface area contributed by atoms with E-state index >= 15 is 4.39 Å². The summed E-state index contributed by atoms with van der Waals surface area (Å²) in [6, 6.07) is 0. The van der Waals surface area contributed by atoms with Crippen LogP contribution in [0.3, 0.4) is 0 Å². The molecule has 0 aliphatic heterocycles. The van der Waals surface area contributed by atoms with Gasteiger partial charge in [-0.05, 0) is 50.7 Å². The Morgan fingerprint density at radius 3 is 2.62 bits per heavy atom. The van der Waals surface area contributed by atoms with Gasteiger partial charge in [0.2, 0.25) is 0 Å². The first-order valence-corrected chi connectivity index (χ1v) is 8.68. The summed E-state index contributed by atoms with van der Waals surface area (Å²) < 4.78 is 16.5. The fourth-order valence-corrected chi connectivity index (χ4v) is 6.01. The van der Waals surface area contributed by atoms with Crippen molar-refractivity contribution in [2.45, 2.75) is 57.4 Å². The zero-order chi connectivity index (χ0) is 17.5. The predicted molar refractivity (Wildman–Crippen MR) is 84.8 cm³/mol. The molecule has 4 nitrogen and oxygen atoms in total. The van der Waals surface area contributed by atoms with E-state index in [2.05, 4.69) is 0 Å². The van der Waals surface area contributed by atoms with Gasteiger partial charge >= 0.3 is 0 Å². The van der Waals surface area contributed by atoms with Crippen molar-refractivity contribution >= 4 is 11.6 Å². The number of aliphatic hydroxyl groups is 2. The van der Waals surface area contributed by atoms with E-state index in [4.69, 9.17) is 0 Å². The van der Waals surface area contributed by atoms with Gasteiger partial charge in [-0.3, -0.25) is 9.59 Å². The van der Waals surface area contributed by atoms with Crippen LogP contribution in [0.1, 0.15) is 39.5 Å². The van der Waals surface area contributed by atoms with Crippen molar-refractivity contribution in [3.8, 4) is 0 Å². The summed E-state index contributed by atoms with van der Waals surface area (Å²) in [4.78, 5) is 24.1. The molecule has 0 radical (unpaired) electrons. The van der Waals surface area contributed by atoms with Crippen LogP contribution in [0.15, 0.2) is 23.8 Å². The number of fused-ring (bicyclic) bond motifs is 5. The van der Waals surface area contributed by atoms with Crippen LogP contribution < -0.4 is 0 Å². The van der Waals surface area contributed by atoms with E-state index in [-0.39, 0.29) is 30.3 Å². The van der Waals surface area contributed by atoms with E-state index in [0.717, 1.165) is 5.57 Å². The van der Waals surface area contributed by atoms with Gasteiger partial charge in [0.1, 0.15) is 6.10 Å². The SMILES string of the molecule is C[C@]12C=CC(=O)C=C1CC[C@H]1[C@@H]3C[C@@H](O)C(=O)[C@@]3(C)C[C@H](O)[C@@]12F. The molecule has 0 heterocycles. The third kappa shape index (κ3) is 1.65. The molecule has 4 aliphatic rings. The van der Waals surface area contributed by atoms with Crippen molar-refractivity contribution in [3.63, 3.8) is 0 Å². The van der Waals surface area contributed by atoms with Crippen molar-refractivity contribution in [1.29, 1.82) is 0 Å². The number of alkyl halides is 1. The molecule has 0 aromatic rings. The summed E-state index contributed by atoms with van der Waals surface area (Å²) in [7, 11) is 0. The minimum absolute atomic E-state index is 0.0191. The Labute approximate surface area is 140 Å². The second-order valence-electron chi connectivity index (χ2n) is 8.38. The molecule has 7 atom stereocenters. The second-order valence-corrected chi connectivity index (χ2v) is 8.38. The van der Waals surface area contributed by atoms with Crippen LogP contribution in [-0.4, -0.2) is 39.7 Å². The summed E-state index contributed by atoms with van der Waals surface area (Å²) in [5, 5.41) is 20.9. The van der Waals surface area contributed by atoms with Crippen LogP contribution in [0, 0.1) is 22.7 Å². The molecular formula is C19H23FO4. The molecule has 2 N–H and O–H groups in total. The first-order valence-electron chi connectivity index (χ1n) is 8.68. The highest BCUT2D eigenvalue weighted by molar-refractivity contribution is 6.01. The summed E-state index contributed by atoms with van der Waals surface area (Å²) >= 11 is 0. The minimum Gasteiger partial charge on any atom is -0.390 e. The number of carbonyl (C=O) groups excluding carboxylic acids is 2. The third-order valence-electron chi connectivity index (χ3n) is 7.37. The van der Waals surface area contributed by atoms with Gasteiger partial charge in [0.15, 0.2) is 17.2 Å². The average Bonchev–Trinajstić information content (AvgIpc) is 2.74. The third-order valence-corrected chi connectivity index (χ3v) is 7.37. The number of carbonyl (C=O) groups is 2. The lowest BCUT2D eigenvalue weighted by molar-refractivity contribution is -0.190. The molecule has 3 saturated carbocycles. The number of ketones is 2. The summed E-state index contributed by atoms with van der Waals surface area (Å²) in [6.45, 7) is 3.50. The van der Waals surface area contributed by atoms with Gasteiger partial charge in [0.25, 0.3) is 0 Å². The van der Waals surface area contributed by atoms with Gasteiger partial charge in [0.05, 0.1) is 6.10 Å². The van der Waals surface area contributed by atoms with E-state index in [0.29, 0.717) is 12.8 Å². The molecule has 0 bridgehead atoms. The normalized spacial score (nSPS) is 53.3. The van der Waals surface area contributed by atoms with Gasteiger partial charge in [-0.1, -0.05) is 18.6 Å². The number of hydrogen-bond acceptors (Lipinski definition) is 4. The van der Waals surface area contributed by atoms with Crippen molar-refractivity contribution in [1.82, 2.24) is 0 Å². The van der Waals surface area contributed by atoms with E-state index in [1.165, 1.54) is 12.2 Å². The number of aliphatic hydroxyl groups excluding tert-OH is 2. The van der Waals surface area contributed by atoms with Gasteiger partial charge in [-0.25, -0.2) is 4.39 Å². The quantitative estimate of drug-likeness (QED) is 0.709. The van der Waals surface area contributed by atoms with Gasteiger partial charge in [-0.2, -0.15) is 0 Å². The van der Waals surface area contributed by atoms with Crippen LogP contribution in [-0.2, 0) is 9.59 Å². The van der Waals surface area contributed by atoms with Crippen LogP contribution >= 0.6 is 0 Å². The zero-order valence-electron chi connectivity index (χ0n) is 14.0. The lowest BCUT2D eigenvalue weighted by Crippen LogP contribution is -2.66. The van der Waals surface area contributed by atoms with E-state index < -0.39 is 34.6 Å². The minimum atomic E-state index is -1.93. The Hall–Kier alpha value is -1.33. The van der Waals surface area contributed by atoms with Crippen LogP contribution in [0.2, 0.25) is 0 Å². The predicted octanol–water partition coefficient (Wildman–Crippen LogP) is 1.90. The maximum absolute atomic E-state index is 16.5. The molecule has 0 aromatic heterocycles. The summed E-state index contributed by atoms with van der Waals surface area (Å²) in [5.74, 6) is -1.20. The zero-order valence-corrected chi connectivity index (χ0v) is 14.0. The molecule has 0 amide bonds. The highest BCUT2D eigenvalue weighted by Crippen LogP contribution is 2.66. The molecule has 4 rings (SSSR count). The molecule has 0 saturated heterocycles.